The fraction of sp³-hybridized carbons (Fsp3) is 0.263. The molecule has 0 aliphatic heterocycles. The van der Waals surface area contributed by atoms with Gasteiger partial charge in [0.1, 0.15) is 0 Å². The molecule has 0 aliphatic carbocycles. The Labute approximate surface area is 142 Å². The molecule has 0 fully saturated rings. The van der Waals surface area contributed by atoms with Gasteiger partial charge in [0.2, 0.25) is 5.91 Å². The third kappa shape index (κ3) is 4.67. The van der Waals surface area contributed by atoms with Crippen LogP contribution in [0.5, 0.6) is 0 Å². The topological polar surface area (TPSA) is 84.2 Å². The summed E-state index contributed by atoms with van der Waals surface area (Å²) in [7, 11) is 0. The highest BCUT2D eigenvalue weighted by molar-refractivity contribution is 6.04. The molecule has 0 heterocycles. The molecule has 2 atom stereocenters. The zero-order valence-corrected chi connectivity index (χ0v) is 14.0. The summed E-state index contributed by atoms with van der Waals surface area (Å²) in [6.07, 6.45) is 0.835. The summed E-state index contributed by atoms with van der Waals surface area (Å²) < 4.78 is 0. The van der Waals surface area contributed by atoms with E-state index in [-0.39, 0.29) is 17.7 Å². The van der Waals surface area contributed by atoms with Gasteiger partial charge in [0.05, 0.1) is 6.04 Å². The molecule has 0 saturated carbocycles. The van der Waals surface area contributed by atoms with Gasteiger partial charge in [0.15, 0.2) is 0 Å². The average molecular weight is 325 g/mol. The van der Waals surface area contributed by atoms with E-state index in [4.69, 9.17) is 5.73 Å². The molecule has 0 spiro atoms. The average Bonchev–Trinajstić information content (AvgIpc) is 2.61. The van der Waals surface area contributed by atoms with E-state index in [9.17, 15) is 9.59 Å². The lowest BCUT2D eigenvalue weighted by molar-refractivity contribution is -0.118. The van der Waals surface area contributed by atoms with Gasteiger partial charge in [-0.1, -0.05) is 44.5 Å². The molecule has 2 aromatic rings. The Balaban J connectivity index is 2.04. The number of hydrogen-bond donors (Lipinski definition) is 3. The van der Waals surface area contributed by atoms with Crippen LogP contribution in [0, 0.1) is 5.92 Å². The first-order chi connectivity index (χ1) is 11.5. The molecule has 126 valence electrons. The SMILES string of the molecule is CCC(C)C(N)C(=O)Nc1cccc(NC(=O)c2ccccc2)c1. The van der Waals surface area contributed by atoms with E-state index in [0.717, 1.165) is 6.42 Å². The van der Waals surface area contributed by atoms with Gasteiger partial charge in [-0.3, -0.25) is 9.59 Å². The van der Waals surface area contributed by atoms with E-state index in [0.29, 0.717) is 16.9 Å². The number of carbonyl (C=O) groups is 2. The van der Waals surface area contributed by atoms with Crippen molar-refractivity contribution < 1.29 is 9.59 Å². The van der Waals surface area contributed by atoms with E-state index in [1.807, 2.05) is 32.0 Å². The van der Waals surface area contributed by atoms with Crippen molar-refractivity contribution in [2.24, 2.45) is 11.7 Å². The summed E-state index contributed by atoms with van der Waals surface area (Å²) in [4.78, 5) is 24.3. The molecule has 5 nitrogen and oxygen atoms in total. The summed E-state index contributed by atoms with van der Waals surface area (Å²) in [5, 5.41) is 5.61. The van der Waals surface area contributed by atoms with E-state index < -0.39 is 6.04 Å². The van der Waals surface area contributed by atoms with Gasteiger partial charge >= 0.3 is 0 Å². The van der Waals surface area contributed by atoms with Gasteiger partial charge in [-0.2, -0.15) is 0 Å². The summed E-state index contributed by atoms with van der Waals surface area (Å²) in [6.45, 7) is 3.94. The van der Waals surface area contributed by atoms with Gasteiger partial charge in [-0.05, 0) is 36.2 Å². The Morgan fingerprint density at radius 1 is 1.00 bits per heavy atom. The minimum atomic E-state index is -0.558. The van der Waals surface area contributed by atoms with Crippen LogP contribution in [-0.2, 0) is 4.79 Å². The first-order valence-electron chi connectivity index (χ1n) is 8.04. The number of rotatable bonds is 6. The summed E-state index contributed by atoms with van der Waals surface area (Å²) in [6, 6.07) is 15.4. The summed E-state index contributed by atoms with van der Waals surface area (Å²) in [5.41, 5.74) is 7.72. The van der Waals surface area contributed by atoms with Crippen LogP contribution in [0.25, 0.3) is 0 Å². The van der Waals surface area contributed by atoms with E-state index in [2.05, 4.69) is 10.6 Å². The number of nitrogens with one attached hydrogen (secondary N) is 2. The second-order valence-corrected chi connectivity index (χ2v) is 5.80. The van der Waals surface area contributed by atoms with Crippen molar-refractivity contribution in [3.63, 3.8) is 0 Å². The predicted octanol–water partition coefficient (Wildman–Crippen LogP) is 3.25. The van der Waals surface area contributed by atoms with Crippen molar-refractivity contribution in [1.29, 1.82) is 0 Å². The molecule has 2 unspecified atom stereocenters. The van der Waals surface area contributed by atoms with Crippen molar-refractivity contribution in [3.05, 3.63) is 60.2 Å². The van der Waals surface area contributed by atoms with Crippen molar-refractivity contribution in [2.45, 2.75) is 26.3 Å². The Kier molecular flexibility index (Phi) is 6.09. The maximum Gasteiger partial charge on any atom is 0.255 e. The molecular weight excluding hydrogens is 302 g/mol. The lowest BCUT2D eigenvalue weighted by atomic mass is 9.99. The lowest BCUT2D eigenvalue weighted by Gasteiger charge is -2.18. The van der Waals surface area contributed by atoms with Gasteiger partial charge in [-0.25, -0.2) is 0 Å². The number of benzene rings is 2. The molecule has 0 aromatic heterocycles. The number of carbonyl (C=O) groups excluding carboxylic acids is 2. The van der Waals surface area contributed by atoms with E-state index >= 15 is 0 Å². The largest absolute Gasteiger partial charge is 0.325 e. The number of nitrogens with two attached hydrogens (primary N) is 1. The molecule has 2 aromatic carbocycles. The van der Waals surface area contributed by atoms with Crippen LogP contribution < -0.4 is 16.4 Å². The van der Waals surface area contributed by atoms with Gasteiger partial charge in [0.25, 0.3) is 5.91 Å². The van der Waals surface area contributed by atoms with Crippen molar-refractivity contribution in [1.82, 2.24) is 0 Å². The maximum atomic E-state index is 12.2. The van der Waals surface area contributed by atoms with Crippen LogP contribution in [0.4, 0.5) is 11.4 Å². The second kappa shape index (κ2) is 8.26. The second-order valence-electron chi connectivity index (χ2n) is 5.80. The molecule has 0 aliphatic rings. The van der Waals surface area contributed by atoms with Crippen LogP contribution in [-0.4, -0.2) is 17.9 Å². The monoisotopic (exact) mass is 325 g/mol. The minimum Gasteiger partial charge on any atom is -0.325 e. The highest BCUT2D eigenvalue weighted by atomic mass is 16.2. The number of anilines is 2. The smallest absolute Gasteiger partial charge is 0.255 e. The van der Waals surface area contributed by atoms with Crippen LogP contribution in [0.1, 0.15) is 30.6 Å². The third-order valence-corrected chi connectivity index (χ3v) is 3.98. The van der Waals surface area contributed by atoms with E-state index in [1.165, 1.54) is 0 Å². The Morgan fingerprint density at radius 2 is 1.62 bits per heavy atom. The predicted molar refractivity (Wildman–Crippen MR) is 96.9 cm³/mol. The highest BCUT2D eigenvalue weighted by Crippen LogP contribution is 2.17. The highest BCUT2D eigenvalue weighted by Gasteiger charge is 2.19. The van der Waals surface area contributed by atoms with Crippen molar-refractivity contribution in [2.75, 3.05) is 10.6 Å². The number of amides is 2. The molecule has 4 N–H and O–H groups in total. The van der Waals surface area contributed by atoms with Crippen LogP contribution in [0.2, 0.25) is 0 Å². The standard InChI is InChI=1S/C19H23N3O2/c1-3-13(2)17(20)19(24)22-16-11-7-10-15(12-16)21-18(23)14-8-5-4-6-9-14/h4-13,17H,3,20H2,1-2H3,(H,21,23)(H,22,24). The van der Waals surface area contributed by atoms with Crippen LogP contribution in [0.15, 0.2) is 54.6 Å². The fourth-order valence-electron chi connectivity index (χ4n) is 2.21. The van der Waals surface area contributed by atoms with Crippen LogP contribution >= 0.6 is 0 Å². The first-order valence-corrected chi connectivity index (χ1v) is 8.04. The number of hydrogen-bond acceptors (Lipinski definition) is 3. The van der Waals surface area contributed by atoms with E-state index in [1.54, 1.807) is 36.4 Å². The maximum absolute atomic E-state index is 12.2. The molecule has 5 heteroatoms. The molecule has 2 rings (SSSR count). The Morgan fingerprint density at radius 3 is 2.25 bits per heavy atom. The Bertz CT molecular complexity index is 701. The lowest BCUT2D eigenvalue weighted by Crippen LogP contribution is -2.40. The van der Waals surface area contributed by atoms with Crippen LogP contribution in [0.3, 0.4) is 0 Å². The van der Waals surface area contributed by atoms with Gasteiger partial charge in [-0.15, -0.1) is 0 Å². The Hall–Kier alpha value is -2.66. The molecule has 0 saturated heterocycles. The normalized spacial score (nSPS) is 13.0. The minimum absolute atomic E-state index is 0.103. The van der Waals surface area contributed by atoms with Gasteiger partial charge in [0, 0.05) is 16.9 Å². The molecular formula is C19H23N3O2. The summed E-state index contributed by atoms with van der Waals surface area (Å²) in [5.74, 6) is -0.322. The zero-order valence-electron chi connectivity index (χ0n) is 14.0. The van der Waals surface area contributed by atoms with Crippen molar-refractivity contribution >= 4 is 23.2 Å². The molecule has 0 bridgehead atoms. The molecule has 24 heavy (non-hydrogen) atoms. The molecule has 0 radical (unpaired) electrons. The van der Waals surface area contributed by atoms with Crippen molar-refractivity contribution in [3.8, 4) is 0 Å². The first kappa shape index (κ1) is 17.7. The molecule has 2 amide bonds. The fourth-order valence-corrected chi connectivity index (χ4v) is 2.21. The van der Waals surface area contributed by atoms with Gasteiger partial charge < -0.3 is 16.4 Å². The summed E-state index contributed by atoms with van der Waals surface area (Å²) >= 11 is 0. The quantitative estimate of drug-likeness (QED) is 0.762. The third-order valence-electron chi connectivity index (χ3n) is 3.98. The zero-order chi connectivity index (χ0) is 17.5.